The first-order chi connectivity index (χ1) is 18.8. The first-order valence-corrected chi connectivity index (χ1v) is 12.7. The minimum Gasteiger partial charge on any atom is -0.457 e. The second-order valence-corrected chi connectivity index (χ2v) is 10.1. The molecule has 2 heterocycles. The van der Waals surface area contributed by atoms with E-state index in [1.54, 1.807) is 18.2 Å². The molecule has 1 aliphatic heterocycles. The molecule has 3 amide bonds. The van der Waals surface area contributed by atoms with Gasteiger partial charge in [0.25, 0.3) is 17.7 Å². The van der Waals surface area contributed by atoms with Gasteiger partial charge < -0.3 is 9.15 Å². The number of rotatable bonds is 7. The van der Waals surface area contributed by atoms with Crippen LogP contribution in [-0.2, 0) is 9.59 Å². The molecule has 3 aliphatic rings. The lowest BCUT2D eigenvalue weighted by molar-refractivity contribution is -0.154. The molecule has 9 nitrogen and oxygen atoms in total. The number of fused-ring (bicyclic) bond motifs is 5. The van der Waals surface area contributed by atoms with Crippen molar-refractivity contribution in [1.29, 1.82) is 0 Å². The van der Waals surface area contributed by atoms with Crippen molar-refractivity contribution in [2.75, 3.05) is 6.54 Å². The van der Waals surface area contributed by atoms with Crippen molar-refractivity contribution >= 4 is 41.1 Å². The van der Waals surface area contributed by atoms with Crippen LogP contribution in [0, 0.1) is 23.7 Å². The van der Waals surface area contributed by atoms with Crippen LogP contribution >= 0.6 is 11.6 Å². The number of furan rings is 1. The molecule has 10 heteroatoms. The quantitative estimate of drug-likeness (QED) is 0.144. The highest BCUT2D eigenvalue weighted by atomic mass is 35.5. The van der Waals surface area contributed by atoms with E-state index < -0.39 is 47.9 Å². The van der Waals surface area contributed by atoms with Crippen molar-refractivity contribution in [2.45, 2.75) is 6.42 Å². The molecule has 2 fully saturated rings. The Labute approximate surface area is 227 Å². The van der Waals surface area contributed by atoms with E-state index in [9.17, 15) is 24.0 Å². The van der Waals surface area contributed by atoms with Gasteiger partial charge in [-0.15, -0.1) is 0 Å². The van der Waals surface area contributed by atoms with Gasteiger partial charge >= 0.3 is 5.97 Å². The summed E-state index contributed by atoms with van der Waals surface area (Å²) in [5.74, 6) is -3.97. The van der Waals surface area contributed by atoms with Crippen LogP contribution in [0.25, 0.3) is 0 Å². The maximum atomic E-state index is 13.7. The number of Topliss-reactive ketones (excluding diaryl/α,β-unsaturated/α-hetero) is 1. The molecule has 0 unspecified atom stereocenters. The van der Waals surface area contributed by atoms with E-state index >= 15 is 0 Å². The van der Waals surface area contributed by atoms with E-state index in [1.807, 2.05) is 12.2 Å². The number of carbonyl (C=O) groups excluding carboxylic acids is 5. The second kappa shape index (κ2) is 9.67. The summed E-state index contributed by atoms with van der Waals surface area (Å²) in [5.41, 5.74) is 0.247. The fourth-order valence-corrected chi connectivity index (χ4v) is 5.84. The lowest BCUT2D eigenvalue weighted by atomic mass is 9.85. The number of nitrogens with zero attached hydrogens (tertiary/aromatic N) is 2. The van der Waals surface area contributed by atoms with Crippen LogP contribution in [0.1, 0.15) is 37.7 Å². The Morgan fingerprint density at radius 1 is 0.923 bits per heavy atom. The molecule has 0 N–H and O–H groups in total. The summed E-state index contributed by atoms with van der Waals surface area (Å²) in [7, 11) is 0. The zero-order valence-electron chi connectivity index (χ0n) is 20.4. The highest BCUT2D eigenvalue weighted by molar-refractivity contribution is 6.34. The van der Waals surface area contributed by atoms with Gasteiger partial charge in [-0.05, 0) is 66.8 Å². The van der Waals surface area contributed by atoms with Crippen molar-refractivity contribution in [3.63, 3.8) is 0 Å². The first-order valence-electron chi connectivity index (χ1n) is 12.3. The highest BCUT2D eigenvalue weighted by Gasteiger charge is 2.61. The molecule has 6 rings (SSSR count). The molecular weight excluding hydrogens is 524 g/mol. The number of benzene rings is 2. The normalized spacial score (nSPS) is 22.7. The minimum atomic E-state index is -0.736. The number of esters is 1. The lowest BCUT2D eigenvalue weighted by Crippen LogP contribution is -2.52. The summed E-state index contributed by atoms with van der Waals surface area (Å²) in [6, 6.07) is 15.0. The fraction of sp³-hybridized carbons (Fsp3) is 0.207. The molecule has 2 aliphatic carbocycles. The van der Waals surface area contributed by atoms with E-state index in [0.717, 1.165) is 16.4 Å². The number of ketones is 1. The smallest absolute Gasteiger partial charge is 0.379 e. The van der Waals surface area contributed by atoms with Gasteiger partial charge in [0.15, 0.2) is 5.78 Å². The lowest BCUT2D eigenvalue weighted by Gasteiger charge is -2.31. The molecular formula is C29H21ClN2O7. The van der Waals surface area contributed by atoms with E-state index in [2.05, 4.69) is 0 Å². The van der Waals surface area contributed by atoms with Gasteiger partial charge in [0.05, 0.1) is 28.7 Å². The molecule has 1 aromatic heterocycles. The summed E-state index contributed by atoms with van der Waals surface area (Å²) in [5, 5.41) is 1.87. The molecule has 1 saturated carbocycles. The summed E-state index contributed by atoms with van der Waals surface area (Å²) in [6.45, 7) is -0.574. The van der Waals surface area contributed by atoms with Crippen LogP contribution in [0.2, 0.25) is 5.02 Å². The number of allylic oxidation sites excluding steroid dienone is 2. The molecule has 3 aromatic rings. The second-order valence-electron chi connectivity index (χ2n) is 9.65. The summed E-state index contributed by atoms with van der Waals surface area (Å²) in [4.78, 5) is 66.1. The van der Waals surface area contributed by atoms with Gasteiger partial charge in [-0.1, -0.05) is 35.9 Å². The Bertz CT molecular complexity index is 1500. The average Bonchev–Trinajstić information content (AvgIpc) is 3.74. The standard InChI is InChI=1S/C29H21ClN2O7/c30-21-5-2-1-4-20(21)26(34)31(32-27(35)24-17-7-8-18(14-17)25(24)28(32)36)15-22(33)16-9-11-19(12-10-16)39-29(37)23-6-3-13-38-23/h1-13,17-18,24-25H,14-15H2/t17-,18-,24-,25-/m0/s1. The summed E-state index contributed by atoms with van der Waals surface area (Å²) < 4.78 is 10.2. The predicted molar refractivity (Wildman–Crippen MR) is 136 cm³/mol. The Kier molecular flexibility index (Phi) is 6.15. The molecule has 2 bridgehead atoms. The van der Waals surface area contributed by atoms with Gasteiger partial charge in [0, 0.05) is 5.56 Å². The van der Waals surface area contributed by atoms with Gasteiger partial charge in [-0.2, -0.15) is 5.01 Å². The van der Waals surface area contributed by atoms with E-state index in [0.29, 0.717) is 0 Å². The number of carbonyl (C=O) groups is 5. The highest BCUT2D eigenvalue weighted by Crippen LogP contribution is 2.52. The Morgan fingerprint density at radius 3 is 2.21 bits per heavy atom. The number of halogens is 1. The average molecular weight is 545 g/mol. The molecule has 196 valence electrons. The van der Waals surface area contributed by atoms with E-state index in [4.69, 9.17) is 20.8 Å². The van der Waals surface area contributed by atoms with Crippen molar-refractivity contribution < 1.29 is 33.1 Å². The SMILES string of the molecule is O=C(CN(C(=O)c1ccccc1Cl)N1C(=O)[C@@H]2[C@@H](C1=O)[C@H]1C=C[C@H]2C1)c1ccc(OC(=O)c2ccco2)cc1. The maximum absolute atomic E-state index is 13.7. The van der Waals surface area contributed by atoms with Gasteiger partial charge in [0.2, 0.25) is 5.76 Å². The monoisotopic (exact) mass is 544 g/mol. The number of ether oxygens (including phenoxy) is 1. The first kappa shape index (κ1) is 24.8. The summed E-state index contributed by atoms with van der Waals surface area (Å²) in [6.07, 6.45) is 5.98. The molecule has 39 heavy (non-hydrogen) atoms. The van der Waals surface area contributed by atoms with Crippen LogP contribution in [0.3, 0.4) is 0 Å². The van der Waals surface area contributed by atoms with Crippen LogP contribution in [0.4, 0.5) is 0 Å². The predicted octanol–water partition coefficient (Wildman–Crippen LogP) is 4.20. The summed E-state index contributed by atoms with van der Waals surface area (Å²) >= 11 is 6.27. The third-order valence-corrected chi connectivity index (χ3v) is 7.76. The molecule has 4 atom stereocenters. The third kappa shape index (κ3) is 4.24. The fourth-order valence-electron chi connectivity index (χ4n) is 5.62. The molecule has 1 saturated heterocycles. The van der Waals surface area contributed by atoms with Crippen LogP contribution < -0.4 is 4.74 Å². The van der Waals surface area contributed by atoms with Crippen LogP contribution in [0.5, 0.6) is 5.75 Å². The Morgan fingerprint density at radius 2 is 1.59 bits per heavy atom. The Hall–Kier alpha value is -4.50. The van der Waals surface area contributed by atoms with Crippen molar-refractivity contribution in [3.8, 4) is 5.75 Å². The number of hydrazine groups is 1. The number of hydrogen-bond acceptors (Lipinski definition) is 7. The van der Waals surface area contributed by atoms with Gasteiger partial charge in [0.1, 0.15) is 12.3 Å². The van der Waals surface area contributed by atoms with Crippen molar-refractivity contribution in [3.05, 3.63) is 101 Å². The zero-order chi connectivity index (χ0) is 27.3. The van der Waals surface area contributed by atoms with Crippen molar-refractivity contribution in [1.82, 2.24) is 10.0 Å². The molecule has 0 radical (unpaired) electrons. The zero-order valence-corrected chi connectivity index (χ0v) is 21.1. The number of imide groups is 1. The van der Waals surface area contributed by atoms with Crippen LogP contribution in [0.15, 0.2) is 83.5 Å². The molecule has 2 aromatic carbocycles. The molecule has 0 spiro atoms. The number of hydrogen-bond donors (Lipinski definition) is 0. The van der Waals surface area contributed by atoms with Crippen molar-refractivity contribution in [2.24, 2.45) is 23.7 Å². The van der Waals surface area contributed by atoms with Gasteiger partial charge in [-0.3, -0.25) is 19.2 Å². The largest absolute Gasteiger partial charge is 0.457 e. The van der Waals surface area contributed by atoms with E-state index in [-0.39, 0.29) is 39.5 Å². The number of amides is 3. The van der Waals surface area contributed by atoms with E-state index in [1.165, 1.54) is 48.7 Å². The van der Waals surface area contributed by atoms with Gasteiger partial charge in [-0.25, -0.2) is 9.80 Å². The third-order valence-electron chi connectivity index (χ3n) is 7.43. The maximum Gasteiger partial charge on any atom is 0.379 e. The Balaban J connectivity index is 1.26. The minimum absolute atomic E-state index is 0.0252. The van der Waals surface area contributed by atoms with Crippen LogP contribution in [-0.4, -0.2) is 46.0 Å². The topological polar surface area (TPSA) is 114 Å².